The third kappa shape index (κ3) is 16.4. The number of hydrogen-bond donors (Lipinski definition) is 0. The Morgan fingerprint density at radius 3 is 1.62 bits per heavy atom. The summed E-state index contributed by atoms with van der Waals surface area (Å²) in [5, 5.41) is 1.33. The molecule has 0 amide bonds. The Kier molecular flexibility index (Phi) is 15.2. The molecule has 0 fully saturated rings. The second-order valence-electron chi connectivity index (χ2n) is 5.82. The molecule has 0 aliphatic rings. The fourth-order valence-electron chi connectivity index (χ4n) is 2.35. The van der Waals surface area contributed by atoms with Crippen molar-refractivity contribution in [3.05, 3.63) is 11.5 Å². The minimum atomic E-state index is -3.00. The molecule has 0 spiro atoms. The average Bonchev–Trinajstić information content (AvgIpc) is 2.47. The fraction of sp³-hybridized carbons (Fsp3) is 0.882. The van der Waals surface area contributed by atoms with Crippen LogP contribution in [0.4, 0.5) is 0 Å². The highest BCUT2D eigenvalue weighted by atomic mass is 79.9. The SMILES string of the molecule is CCCCCCCCCCCCCCC=CS(=O)(=O)CBr. The van der Waals surface area contributed by atoms with Gasteiger partial charge in [0.05, 0.1) is 0 Å². The van der Waals surface area contributed by atoms with Crippen LogP contribution in [0.25, 0.3) is 0 Å². The highest BCUT2D eigenvalue weighted by Gasteiger charge is 2.00. The van der Waals surface area contributed by atoms with Crippen LogP contribution in [-0.2, 0) is 9.84 Å². The van der Waals surface area contributed by atoms with Crippen LogP contribution < -0.4 is 0 Å². The van der Waals surface area contributed by atoms with Crippen molar-refractivity contribution in [2.75, 3.05) is 4.66 Å². The van der Waals surface area contributed by atoms with Crippen molar-refractivity contribution in [3.8, 4) is 0 Å². The van der Waals surface area contributed by atoms with E-state index in [0.717, 1.165) is 12.8 Å². The third-order valence-electron chi connectivity index (χ3n) is 3.68. The smallest absolute Gasteiger partial charge is 0.181 e. The van der Waals surface area contributed by atoms with E-state index in [2.05, 4.69) is 22.9 Å². The molecule has 0 aliphatic heterocycles. The highest BCUT2D eigenvalue weighted by molar-refractivity contribution is 9.10. The number of rotatable bonds is 15. The first kappa shape index (κ1) is 21.2. The summed E-state index contributed by atoms with van der Waals surface area (Å²) < 4.78 is 22.4. The maximum atomic E-state index is 11.2. The Morgan fingerprint density at radius 1 is 0.762 bits per heavy atom. The topological polar surface area (TPSA) is 34.1 Å². The van der Waals surface area contributed by atoms with Gasteiger partial charge in [0.2, 0.25) is 0 Å². The van der Waals surface area contributed by atoms with E-state index in [1.54, 1.807) is 6.08 Å². The lowest BCUT2D eigenvalue weighted by molar-refractivity contribution is 0.545. The molecule has 4 heteroatoms. The van der Waals surface area contributed by atoms with Gasteiger partial charge in [-0.2, -0.15) is 0 Å². The Bertz CT molecular complexity index is 337. The van der Waals surface area contributed by atoms with Gasteiger partial charge in [0, 0.05) is 5.41 Å². The number of alkyl halides is 1. The van der Waals surface area contributed by atoms with E-state index >= 15 is 0 Å². The maximum absolute atomic E-state index is 11.2. The van der Waals surface area contributed by atoms with Crippen LogP contribution >= 0.6 is 15.9 Å². The molecule has 0 heterocycles. The lowest BCUT2D eigenvalue weighted by Crippen LogP contribution is -1.94. The first-order valence-electron chi connectivity index (χ1n) is 8.57. The van der Waals surface area contributed by atoms with Crippen molar-refractivity contribution in [1.29, 1.82) is 0 Å². The van der Waals surface area contributed by atoms with Crippen molar-refractivity contribution in [1.82, 2.24) is 0 Å². The summed E-state index contributed by atoms with van der Waals surface area (Å²) in [7, 11) is -3.00. The molecule has 0 rings (SSSR count). The zero-order chi connectivity index (χ0) is 15.8. The van der Waals surface area contributed by atoms with Gasteiger partial charge in [0.15, 0.2) is 9.84 Å². The molecule has 0 saturated heterocycles. The summed E-state index contributed by atoms with van der Waals surface area (Å²) in [5.74, 6) is 0. The Labute approximate surface area is 140 Å². The van der Waals surface area contributed by atoms with Crippen molar-refractivity contribution < 1.29 is 8.42 Å². The Hall–Kier alpha value is 0.170. The van der Waals surface area contributed by atoms with E-state index in [0.29, 0.717) is 0 Å². The van der Waals surface area contributed by atoms with Gasteiger partial charge in [0.25, 0.3) is 0 Å². The van der Waals surface area contributed by atoms with Gasteiger partial charge in [-0.15, -0.1) is 0 Å². The normalized spacial score (nSPS) is 12.3. The number of sulfone groups is 1. The summed E-state index contributed by atoms with van der Waals surface area (Å²) >= 11 is 2.97. The van der Waals surface area contributed by atoms with Crippen molar-refractivity contribution >= 4 is 25.8 Å². The summed E-state index contributed by atoms with van der Waals surface area (Å²) in [6, 6.07) is 0. The van der Waals surface area contributed by atoms with Gasteiger partial charge in [-0.05, 0) is 12.8 Å². The second kappa shape index (κ2) is 15.1. The minimum absolute atomic E-state index is 0.0228. The van der Waals surface area contributed by atoms with Crippen molar-refractivity contribution in [3.63, 3.8) is 0 Å². The van der Waals surface area contributed by atoms with Gasteiger partial charge in [-0.1, -0.05) is 99.6 Å². The molecule has 0 aromatic carbocycles. The standard InChI is InChI=1S/C17H33BrO2S/c1-2-3-4-5-6-7-8-9-10-11-12-13-14-15-16-21(19,20)17-18/h15-16H,2-14,17H2,1H3. The first-order valence-corrected chi connectivity index (χ1v) is 11.4. The van der Waals surface area contributed by atoms with Gasteiger partial charge in [-0.3, -0.25) is 0 Å². The van der Waals surface area contributed by atoms with Crippen LogP contribution in [0.2, 0.25) is 0 Å². The van der Waals surface area contributed by atoms with Crippen LogP contribution in [0.5, 0.6) is 0 Å². The number of hydrogen-bond acceptors (Lipinski definition) is 2. The van der Waals surface area contributed by atoms with E-state index in [1.807, 2.05) is 0 Å². The highest BCUT2D eigenvalue weighted by Crippen LogP contribution is 2.12. The summed E-state index contributed by atoms with van der Waals surface area (Å²) in [6.45, 7) is 2.26. The molecule has 0 unspecified atom stereocenters. The molecule has 0 aromatic rings. The quantitative estimate of drug-likeness (QED) is 0.244. The molecule has 0 bridgehead atoms. The lowest BCUT2D eigenvalue weighted by Gasteiger charge is -2.02. The largest absolute Gasteiger partial charge is 0.223 e. The predicted octanol–water partition coefficient (Wildman–Crippen LogP) is 6.36. The molecule has 0 atom stereocenters. The fourth-order valence-corrected chi connectivity index (χ4v) is 3.31. The number of allylic oxidation sites excluding steroid dienone is 1. The number of unbranched alkanes of at least 4 members (excludes halogenated alkanes) is 12. The molecular formula is C17H33BrO2S. The average molecular weight is 381 g/mol. The molecular weight excluding hydrogens is 348 g/mol. The van der Waals surface area contributed by atoms with Crippen LogP contribution in [0, 0.1) is 0 Å². The van der Waals surface area contributed by atoms with Crippen LogP contribution in [-0.4, -0.2) is 13.1 Å². The zero-order valence-corrected chi connectivity index (χ0v) is 16.1. The Balaban J connectivity index is 3.19. The van der Waals surface area contributed by atoms with Crippen LogP contribution in [0.15, 0.2) is 11.5 Å². The minimum Gasteiger partial charge on any atom is -0.223 e. The Morgan fingerprint density at radius 2 is 1.19 bits per heavy atom. The van der Waals surface area contributed by atoms with Gasteiger partial charge >= 0.3 is 0 Å². The number of halogens is 1. The van der Waals surface area contributed by atoms with Gasteiger partial charge in [-0.25, -0.2) is 8.42 Å². The van der Waals surface area contributed by atoms with E-state index in [1.165, 1.54) is 76.0 Å². The molecule has 0 aromatic heterocycles. The van der Waals surface area contributed by atoms with E-state index in [-0.39, 0.29) is 4.66 Å². The summed E-state index contributed by atoms with van der Waals surface area (Å²) in [4.78, 5) is 0. The van der Waals surface area contributed by atoms with E-state index < -0.39 is 9.84 Å². The van der Waals surface area contributed by atoms with Crippen LogP contribution in [0.1, 0.15) is 90.4 Å². The second-order valence-corrected chi connectivity index (χ2v) is 9.01. The molecule has 126 valence electrons. The molecule has 0 aliphatic carbocycles. The summed E-state index contributed by atoms with van der Waals surface area (Å²) in [5.41, 5.74) is 0. The van der Waals surface area contributed by atoms with Crippen LogP contribution in [0.3, 0.4) is 0 Å². The monoisotopic (exact) mass is 380 g/mol. The van der Waals surface area contributed by atoms with Crippen molar-refractivity contribution in [2.24, 2.45) is 0 Å². The predicted molar refractivity (Wildman–Crippen MR) is 97.5 cm³/mol. The maximum Gasteiger partial charge on any atom is 0.181 e. The molecule has 0 N–H and O–H groups in total. The first-order chi connectivity index (χ1) is 10.1. The molecule has 0 radical (unpaired) electrons. The third-order valence-corrected chi connectivity index (χ3v) is 6.51. The molecule has 0 saturated carbocycles. The van der Waals surface area contributed by atoms with Crippen molar-refractivity contribution in [2.45, 2.75) is 90.4 Å². The summed E-state index contributed by atoms with van der Waals surface area (Å²) in [6.07, 6.45) is 18.7. The van der Waals surface area contributed by atoms with E-state index in [4.69, 9.17) is 0 Å². The lowest BCUT2D eigenvalue weighted by atomic mass is 10.0. The van der Waals surface area contributed by atoms with Gasteiger partial charge < -0.3 is 0 Å². The molecule has 2 nitrogen and oxygen atoms in total. The zero-order valence-electron chi connectivity index (χ0n) is 13.7. The van der Waals surface area contributed by atoms with Gasteiger partial charge in [0.1, 0.15) is 4.66 Å². The van der Waals surface area contributed by atoms with E-state index in [9.17, 15) is 8.42 Å². The molecule has 21 heavy (non-hydrogen) atoms.